The predicted octanol–water partition coefficient (Wildman–Crippen LogP) is 1.38. The summed E-state index contributed by atoms with van der Waals surface area (Å²) in [6, 6.07) is -0.275. The van der Waals surface area contributed by atoms with E-state index in [1.807, 2.05) is 11.8 Å². The van der Waals surface area contributed by atoms with Gasteiger partial charge in [-0.15, -0.1) is 0 Å². The molecule has 1 unspecified atom stereocenters. The molecule has 1 aliphatic carbocycles. The van der Waals surface area contributed by atoms with Crippen molar-refractivity contribution in [2.24, 2.45) is 0 Å². The van der Waals surface area contributed by atoms with Crippen LogP contribution in [0.3, 0.4) is 0 Å². The van der Waals surface area contributed by atoms with E-state index in [9.17, 15) is 9.59 Å². The number of carbonyl (C=O) groups is 2. The van der Waals surface area contributed by atoms with Crippen LogP contribution in [0.4, 0.5) is 0 Å². The SMILES string of the molecule is CCC1C(=O)NC2(CCCC2)C(=O)N1CCCCN(C)C. The second-order valence-electron chi connectivity index (χ2n) is 6.71. The highest BCUT2D eigenvalue weighted by Gasteiger charge is 2.51. The van der Waals surface area contributed by atoms with Crippen molar-refractivity contribution < 1.29 is 9.59 Å². The smallest absolute Gasteiger partial charge is 0.249 e. The Balaban J connectivity index is 2.03. The maximum atomic E-state index is 12.9. The third-order valence-electron chi connectivity index (χ3n) is 4.81. The minimum absolute atomic E-state index is 0.0478. The molecule has 0 radical (unpaired) electrons. The van der Waals surface area contributed by atoms with Gasteiger partial charge in [-0.05, 0) is 52.7 Å². The molecule has 2 amide bonds. The Morgan fingerprint density at radius 2 is 1.90 bits per heavy atom. The average Bonchev–Trinajstić information content (AvgIpc) is 2.89. The molecular weight excluding hydrogens is 266 g/mol. The molecule has 1 saturated carbocycles. The first-order valence-electron chi connectivity index (χ1n) is 8.28. The van der Waals surface area contributed by atoms with Gasteiger partial charge < -0.3 is 15.1 Å². The first kappa shape index (κ1) is 16.3. The van der Waals surface area contributed by atoms with E-state index in [-0.39, 0.29) is 17.9 Å². The summed E-state index contributed by atoms with van der Waals surface area (Å²) in [4.78, 5) is 29.3. The highest BCUT2D eigenvalue weighted by atomic mass is 16.2. The molecule has 1 atom stereocenters. The fraction of sp³-hybridized carbons (Fsp3) is 0.875. The summed E-state index contributed by atoms with van der Waals surface area (Å²) in [6.07, 6.45) is 6.41. The highest BCUT2D eigenvalue weighted by Crippen LogP contribution is 2.35. The molecule has 0 bridgehead atoms. The Bertz CT molecular complexity index is 389. The molecule has 5 nitrogen and oxygen atoms in total. The average molecular weight is 295 g/mol. The minimum Gasteiger partial charge on any atom is -0.340 e. The van der Waals surface area contributed by atoms with E-state index in [1.165, 1.54) is 0 Å². The summed E-state index contributed by atoms with van der Waals surface area (Å²) < 4.78 is 0. The van der Waals surface area contributed by atoms with Gasteiger partial charge in [-0.3, -0.25) is 9.59 Å². The van der Waals surface area contributed by atoms with Crippen LogP contribution in [-0.4, -0.2) is 60.4 Å². The van der Waals surface area contributed by atoms with Crippen molar-refractivity contribution >= 4 is 11.8 Å². The molecule has 1 saturated heterocycles. The van der Waals surface area contributed by atoms with Gasteiger partial charge in [0.15, 0.2) is 0 Å². The van der Waals surface area contributed by atoms with E-state index in [4.69, 9.17) is 0 Å². The number of carbonyl (C=O) groups excluding carboxylic acids is 2. The Labute approximate surface area is 128 Å². The lowest BCUT2D eigenvalue weighted by molar-refractivity contribution is -0.155. The van der Waals surface area contributed by atoms with E-state index in [0.717, 1.165) is 45.1 Å². The van der Waals surface area contributed by atoms with Crippen molar-refractivity contribution in [1.82, 2.24) is 15.1 Å². The number of nitrogens with zero attached hydrogens (tertiary/aromatic N) is 2. The fourth-order valence-electron chi connectivity index (χ4n) is 3.62. The third kappa shape index (κ3) is 3.39. The zero-order valence-electron chi connectivity index (χ0n) is 13.7. The van der Waals surface area contributed by atoms with Crippen LogP contribution < -0.4 is 5.32 Å². The molecule has 5 heteroatoms. The normalized spacial score (nSPS) is 25.0. The molecule has 2 aliphatic rings. The van der Waals surface area contributed by atoms with Crippen LogP contribution in [-0.2, 0) is 9.59 Å². The molecular formula is C16H29N3O2. The molecule has 0 aromatic rings. The van der Waals surface area contributed by atoms with Crippen LogP contribution in [0, 0.1) is 0 Å². The molecule has 1 heterocycles. The second kappa shape index (κ2) is 6.77. The van der Waals surface area contributed by atoms with Crippen molar-refractivity contribution in [1.29, 1.82) is 0 Å². The van der Waals surface area contributed by atoms with Crippen LogP contribution in [0.5, 0.6) is 0 Å². The summed E-state index contributed by atoms with van der Waals surface area (Å²) >= 11 is 0. The van der Waals surface area contributed by atoms with Gasteiger partial charge in [0.2, 0.25) is 11.8 Å². The first-order valence-corrected chi connectivity index (χ1v) is 8.28. The monoisotopic (exact) mass is 295 g/mol. The quantitative estimate of drug-likeness (QED) is 0.753. The van der Waals surface area contributed by atoms with E-state index in [1.54, 1.807) is 0 Å². The highest BCUT2D eigenvalue weighted by molar-refractivity contribution is 6.00. The van der Waals surface area contributed by atoms with Crippen LogP contribution in [0.15, 0.2) is 0 Å². The number of rotatable bonds is 6. The van der Waals surface area contributed by atoms with Crippen molar-refractivity contribution in [3.63, 3.8) is 0 Å². The van der Waals surface area contributed by atoms with Gasteiger partial charge in [0.25, 0.3) is 0 Å². The molecule has 2 rings (SSSR count). The summed E-state index contributed by atoms with van der Waals surface area (Å²) in [7, 11) is 4.11. The lowest BCUT2D eigenvalue weighted by Gasteiger charge is -2.44. The zero-order valence-corrected chi connectivity index (χ0v) is 13.7. The molecule has 21 heavy (non-hydrogen) atoms. The third-order valence-corrected chi connectivity index (χ3v) is 4.81. The van der Waals surface area contributed by atoms with Crippen LogP contribution in [0.2, 0.25) is 0 Å². The molecule has 0 aromatic heterocycles. The van der Waals surface area contributed by atoms with Gasteiger partial charge in [0, 0.05) is 6.54 Å². The summed E-state index contributed by atoms with van der Waals surface area (Å²) in [5, 5.41) is 3.04. The Hall–Kier alpha value is -1.10. The number of hydrogen-bond donors (Lipinski definition) is 1. The Kier molecular flexibility index (Phi) is 5.25. The predicted molar refractivity (Wildman–Crippen MR) is 82.9 cm³/mol. The standard InChI is InChI=1S/C16H29N3O2/c1-4-13-14(20)17-16(9-5-6-10-16)15(21)19(13)12-8-7-11-18(2)3/h13H,4-12H2,1-3H3,(H,17,20). The number of piperazine rings is 1. The number of nitrogens with one attached hydrogen (secondary N) is 1. The van der Waals surface area contributed by atoms with Gasteiger partial charge in [0.1, 0.15) is 11.6 Å². The van der Waals surface area contributed by atoms with Crippen LogP contribution >= 0.6 is 0 Å². The van der Waals surface area contributed by atoms with Crippen LogP contribution in [0.1, 0.15) is 51.9 Å². The topological polar surface area (TPSA) is 52.7 Å². The maximum Gasteiger partial charge on any atom is 0.249 e. The summed E-state index contributed by atoms with van der Waals surface area (Å²) in [6.45, 7) is 3.72. The number of unbranched alkanes of at least 4 members (excludes halogenated alkanes) is 1. The van der Waals surface area contributed by atoms with Crippen molar-refractivity contribution in [3.05, 3.63) is 0 Å². The van der Waals surface area contributed by atoms with Crippen molar-refractivity contribution in [2.75, 3.05) is 27.2 Å². The van der Waals surface area contributed by atoms with Crippen molar-refractivity contribution in [3.8, 4) is 0 Å². The van der Waals surface area contributed by atoms with Gasteiger partial charge in [0.05, 0.1) is 0 Å². The molecule has 1 aliphatic heterocycles. The number of amides is 2. The Morgan fingerprint density at radius 1 is 1.24 bits per heavy atom. The summed E-state index contributed by atoms with van der Waals surface area (Å²) in [5.74, 6) is 0.211. The van der Waals surface area contributed by atoms with Gasteiger partial charge in [-0.2, -0.15) is 0 Å². The van der Waals surface area contributed by atoms with E-state index in [2.05, 4.69) is 24.3 Å². The molecule has 1 N–H and O–H groups in total. The zero-order chi connectivity index (χ0) is 15.5. The van der Waals surface area contributed by atoms with Gasteiger partial charge in [-0.25, -0.2) is 0 Å². The maximum absolute atomic E-state index is 12.9. The van der Waals surface area contributed by atoms with E-state index < -0.39 is 5.54 Å². The van der Waals surface area contributed by atoms with E-state index >= 15 is 0 Å². The minimum atomic E-state index is -0.579. The number of hydrogen-bond acceptors (Lipinski definition) is 3. The lowest BCUT2D eigenvalue weighted by atomic mass is 9.90. The van der Waals surface area contributed by atoms with Crippen LogP contribution in [0.25, 0.3) is 0 Å². The lowest BCUT2D eigenvalue weighted by Crippen LogP contribution is -2.69. The largest absolute Gasteiger partial charge is 0.340 e. The van der Waals surface area contributed by atoms with E-state index in [0.29, 0.717) is 13.0 Å². The van der Waals surface area contributed by atoms with Crippen molar-refractivity contribution in [2.45, 2.75) is 63.5 Å². The van der Waals surface area contributed by atoms with Gasteiger partial charge >= 0.3 is 0 Å². The molecule has 120 valence electrons. The fourth-order valence-corrected chi connectivity index (χ4v) is 3.62. The van der Waals surface area contributed by atoms with Gasteiger partial charge in [-0.1, -0.05) is 19.8 Å². The molecule has 2 fully saturated rings. The first-order chi connectivity index (χ1) is 10.00. The molecule has 1 spiro atoms. The Morgan fingerprint density at radius 3 is 2.48 bits per heavy atom. The molecule has 0 aromatic carbocycles. The summed E-state index contributed by atoms with van der Waals surface area (Å²) in [5.41, 5.74) is -0.579. The second-order valence-corrected chi connectivity index (χ2v) is 6.71.